The molecule has 0 saturated carbocycles. The Kier molecular flexibility index (Phi) is 4.36. The van der Waals surface area contributed by atoms with E-state index in [0.29, 0.717) is 28.7 Å². The van der Waals surface area contributed by atoms with Crippen LogP contribution < -0.4 is 11.3 Å². The predicted octanol–water partition coefficient (Wildman–Crippen LogP) is 2.42. The maximum atomic E-state index is 12.6. The lowest BCUT2D eigenvalue weighted by atomic mass is 9.99. The monoisotopic (exact) mass is 410 g/mol. The molecule has 4 aromatic rings. The van der Waals surface area contributed by atoms with Crippen LogP contribution in [0.2, 0.25) is 0 Å². The number of anilines is 1. The Morgan fingerprint density at radius 3 is 2.93 bits per heavy atom. The highest BCUT2D eigenvalue weighted by Crippen LogP contribution is 2.37. The van der Waals surface area contributed by atoms with E-state index in [1.807, 2.05) is 0 Å². The van der Waals surface area contributed by atoms with E-state index < -0.39 is 0 Å². The zero-order valence-corrected chi connectivity index (χ0v) is 16.4. The molecule has 4 heterocycles. The number of rotatable bonds is 4. The van der Waals surface area contributed by atoms with Crippen molar-refractivity contribution in [1.82, 2.24) is 24.7 Å². The maximum Gasteiger partial charge on any atom is 0.275 e. The molecule has 1 saturated heterocycles. The van der Waals surface area contributed by atoms with Gasteiger partial charge >= 0.3 is 0 Å². The van der Waals surface area contributed by atoms with Crippen LogP contribution in [0.25, 0.3) is 10.3 Å². The number of hydrogen-bond donors (Lipinski definition) is 1. The summed E-state index contributed by atoms with van der Waals surface area (Å²) in [6.07, 6.45) is 0.789. The lowest BCUT2D eigenvalue weighted by Crippen LogP contribution is -2.24. The molecular formula is C19H18N6O3S. The Hall–Kier alpha value is -3.11. The van der Waals surface area contributed by atoms with E-state index >= 15 is 0 Å². The quantitative estimate of drug-likeness (QED) is 0.544. The molecule has 0 unspecified atom stereocenters. The van der Waals surface area contributed by atoms with Crippen LogP contribution in [0.3, 0.4) is 0 Å². The van der Waals surface area contributed by atoms with E-state index in [4.69, 9.17) is 15.0 Å². The highest BCUT2D eigenvalue weighted by atomic mass is 32.1. The Morgan fingerprint density at radius 1 is 1.28 bits per heavy atom. The summed E-state index contributed by atoms with van der Waals surface area (Å²) in [7, 11) is 0. The number of nitrogens with zero attached hydrogens (tertiary/aromatic N) is 5. The topological polar surface area (TPSA) is 122 Å². The summed E-state index contributed by atoms with van der Waals surface area (Å²) in [5, 5.41) is 4.10. The molecule has 9 nitrogen and oxygen atoms in total. The van der Waals surface area contributed by atoms with Gasteiger partial charge in [0.25, 0.3) is 5.56 Å². The molecule has 1 aliphatic rings. The van der Waals surface area contributed by atoms with Crippen molar-refractivity contribution in [3.8, 4) is 0 Å². The average Bonchev–Trinajstić information content (AvgIpc) is 3.45. The largest absolute Gasteiger partial charge is 0.373 e. The summed E-state index contributed by atoms with van der Waals surface area (Å²) in [5.74, 6) is 0.984. The summed E-state index contributed by atoms with van der Waals surface area (Å²) < 4.78 is 13.1. The zero-order valence-electron chi connectivity index (χ0n) is 15.6. The Balaban J connectivity index is 1.34. The first-order valence-corrected chi connectivity index (χ1v) is 10.1. The molecule has 2 atom stereocenters. The van der Waals surface area contributed by atoms with E-state index in [9.17, 15) is 4.79 Å². The second-order valence-corrected chi connectivity index (χ2v) is 7.93. The van der Waals surface area contributed by atoms with Crippen LogP contribution in [0.5, 0.6) is 0 Å². The molecule has 0 aliphatic carbocycles. The minimum absolute atomic E-state index is 0.0127. The molecule has 1 aliphatic heterocycles. The van der Waals surface area contributed by atoms with Crippen molar-refractivity contribution in [3.05, 3.63) is 63.0 Å². The second-order valence-electron chi connectivity index (χ2n) is 7.08. The highest BCUT2D eigenvalue weighted by Gasteiger charge is 2.31. The van der Waals surface area contributed by atoms with Crippen molar-refractivity contribution < 1.29 is 9.26 Å². The van der Waals surface area contributed by atoms with Gasteiger partial charge in [0.15, 0.2) is 11.5 Å². The summed E-state index contributed by atoms with van der Waals surface area (Å²) in [4.78, 5) is 25.3. The lowest BCUT2D eigenvalue weighted by molar-refractivity contribution is 0.110. The van der Waals surface area contributed by atoms with Crippen LogP contribution in [0.1, 0.15) is 41.3 Å². The SMILES string of the molecule is Cc1ccc([C@H]2C[C@H](c3noc(Cn4c(N)nc5ncsc5c4=O)n3)CO2)cc1. The van der Waals surface area contributed by atoms with Crippen molar-refractivity contribution in [1.29, 1.82) is 0 Å². The number of nitrogen functional groups attached to an aromatic ring is 1. The van der Waals surface area contributed by atoms with Crippen LogP contribution in [0.4, 0.5) is 5.95 Å². The number of thiazole rings is 1. The fourth-order valence-corrected chi connectivity index (χ4v) is 4.14. The zero-order chi connectivity index (χ0) is 20.0. The molecule has 0 bridgehead atoms. The predicted molar refractivity (Wildman–Crippen MR) is 107 cm³/mol. The van der Waals surface area contributed by atoms with E-state index in [-0.39, 0.29) is 30.1 Å². The molecule has 0 radical (unpaired) electrons. The smallest absolute Gasteiger partial charge is 0.275 e. The summed E-state index contributed by atoms with van der Waals surface area (Å²) in [6, 6.07) is 8.33. The lowest BCUT2D eigenvalue weighted by Gasteiger charge is -2.09. The molecule has 1 fully saturated rings. The van der Waals surface area contributed by atoms with Crippen molar-refractivity contribution in [2.24, 2.45) is 0 Å². The van der Waals surface area contributed by atoms with Crippen molar-refractivity contribution >= 4 is 27.6 Å². The molecule has 0 amide bonds. The molecule has 1 aromatic carbocycles. The van der Waals surface area contributed by atoms with Crippen LogP contribution in [-0.4, -0.2) is 31.3 Å². The standard InChI is InChI=1S/C19H18N6O3S/c1-10-2-4-11(5-3-10)13-6-12(8-27-13)16-22-14(28-24-16)7-25-18(26)15-17(21-9-29-15)23-19(25)20/h2-5,9,12-13H,6-8H2,1H3,(H2,20,23)/t12-,13+/m0/s1. The summed E-state index contributed by atoms with van der Waals surface area (Å²) >= 11 is 1.23. The van der Waals surface area contributed by atoms with Gasteiger partial charge in [0.1, 0.15) is 11.2 Å². The van der Waals surface area contributed by atoms with Gasteiger partial charge in [0.05, 0.1) is 18.2 Å². The van der Waals surface area contributed by atoms with E-state index in [2.05, 4.69) is 51.3 Å². The molecule has 0 spiro atoms. The summed E-state index contributed by atoms with van der Waals surface area (Å²) in [5.41, 5.74) is 9.94. The Morgan fingerprint density at radius 2 is 2.10 bits per heavy atom. The van der Waals surface area contributed by atoms with Crippen LogP contribution in [0, 0.1) is 6.92 Å². The van der Waals surface area contributed by atoms with Gasteiger partial charge in [-0.15, -0.1) is 11.3 Å². The molecule has 10 heteroatoms. The first-order chi connectivity index (χ1) is 14.1. The van der Waals surface area contributed by atoms with E-state index in [1.54, 1.807) is 5.51 Å². The van der Waals surface area contributed by atoms with Crippen molar-refractivity contribution in [2.75, 3.05) is 12.3 Å². The number of ether oxygens (including phenoxy) is 1. The minimum atomic E-state index is -0.265. The third kappa shape index (κ3) is 3.30. The van der Waals surface area contributed by atoms with Crippen molar-refractivity contribution in [3.63, 3.8) is 0 Å². The van der Waals surface area contributed by atoms with E-state index in [1.165, 1.54) is 21.5 Å². The Labute approximate surface area is 169 Å². The number of nitrogens with two attached hydrogens (primary N) is 1. The number of fused-ring (bicyclic) bond motifs is 1. The molecule has 29 heavy (non-hydrogen) atoms. The second kappa shape index (κ2) is 7.05. The maximum absolute atomic E-state index is 12.6. The molecule has 148 valence electrons. The molecular weight excluding hydrogens is 392 g/mol. The fraction of sp³-hybridized carbons (Fsp3) is 0.316. The third-order valence-corrected chi connectivity index (χ3v) is 5.88. The number of hydrogen-bond acceptors (Lipinski definition) is 9. The fourth-order valence-electron chi connectivity index (χ4n) is 3.47. The molecule has 3 aromatic heterocycles. The first-order valence-electron chi connectivity index (χ1n) is 9.18. The van der Waals surface area contributed by atoms with Gasteiger partial charge in [0.2, 0.25) is 11.8 Å². The Bertz CT molecular complexity index is 1230. The van der Waals surface area contributed by atoms with Crippen molar-refractivity contribution in [2.45, 2.75) is 31.9 Å². The third-order valence-electron chi connectivity index (χ3n) is 5.07. The number of benzene rings is 1. The number of aromatic nitrogens is 5. The van der Waals surface area contributed by atoms with E-state index in [0.717, 1.165) is 12.0 Å². The van der Waals surface area contributed by atoms with Crippen LogP contribution in [0.15, 0.2) is 39.1 Å². The van der Waals surface area contributed by atoms with Gasteiger partial charge in [-0.05, 0) is 18.9 Å². The molecule has 2 N–H and O–H groups in total. The van der Waals surface area contributed by atoms with Gasteiger partial charge in [0, 0.05) is 5.92 Å². The van der Waals surface area contributed by atoms with Crippen LogP contribution in [-0.2, 0) is 11.3 Å². The number of aryl methyl sites for hydroxylation is 1. The first kappa shape index (κ1) is 18.0. The van der Waals surface area contributed by atoms with Crippen LogP contribution >= 0.6 is 11.3 Å². The molecule has 5 rings (SSSR count). The van der Waals surface area contributed by atoms with Gasteiger partial charge in [-0.3, -0.25) is 9.36 Å². The van der Waals surface area contributed by atoms with Gasteiger partial charge < -0.3 is 15.0 Å². The van der Waals surface area contributed by atoms with Gasteiger partial charge in [-0.25, -0.2) is 4.98 Å². The van der Waals surface area contributed by atoms with Gasteiger partial charge in [-0.2, -0.15) is 9.97 Å². The van der Waals surface area contributed by atoms with Gasteiger partial charge in [-0.1, -0.05) is 35.0 Å². The summed E-state index contributed by atoms with van der Waals surface area (Å²) in [6.45, 7) is 2.64. The average molecular weight is 410 g/mol. The minimum Gasteiger partial charge on any atom is -0.373 e. The normalized spacial score (nSPS) is 19.2. The highest BCUT2D eigenvalue weighted by molar-refractivity contribution is 7.16.